The van der Waals surface area contributed by atoms with E-state index in [9.17, 15) is 0 Å². The second-order valence-electron chi connectivity index (χ2n) is 5.66. The Morgan fingerprint density at radius 1 is 1.04 bits per heavy atom. The molecule has 0 atom stereocenters. The number of nitrogens with zero attached hydrogens (tertiary/aromatic N) is 4. The van der Waals surface area contributed by atoms with Crippen molar-refractivity contribution in [1.82, 2.24) is 19.9 Å². The smallest absolute Gasteiger partial charge is 0.210 e. The fraction of sp³-hybridized carbons (Fsp3) is 0.105. The molecule has 4 rings (SSSR count). The molecule has 2 N–H and O–H groups in total. The number of benzene rings is 2. The van der Waals surface area contributed by atoms with Gasteiger partial charge >= 0.3 is 0 Å². The predicted molar refractivity (Wildman–Crippen MR) is 103 cm³/mol. The number of rotatable bonds is 5. The summed E-state index contributed by atoms with van der Waals surface area (Å²) in [6.07, 6.45) is 1.81. The number of thioether (sulfide) groups is 1. The zero-order chi connectivity index (χ0) is 17.9. The summed E-state index contributed by atoms with van der Waals surface area (Å²) in [7, 11) is 1.62. The molecule has 0 aliphatic rings. The summed E-state index contributed by atoms with van der Waals surface area (Å²) in [6, 6.07) is 17.8. The van der Waals surface area contributed by atoms with Crippen LogP contribution in [0.4, 0.5) is 0 Å². The van der Waals surface area contributed by atoms with E-state index in [0.717, 1.165) is 22.0 Å². The van der Waals surface area contributed by atoms with Gasteiger partial charge in [-0.05, 0) is 23.8 Å². The van der Waals surface area contributed by atoms with Crippen molar-refractivity contribution in [3.05, 3.63) is 66.4 Å². The van der Waals surface area contributed by atoms with Gasteiger partial charge in [0.2, 0.25) is 5.16 Å². The van der Waals surface area contributed by atoms with E-state index in [0.29, 0.717) is 22.5 Å². The highest BCUT2D eigenvalue weighted by atomic mass is 32.2. The molecular formula is C19H17N5OS. The highest BCUT2D eigenvalue weighted by molar-refractivity contribution is 7.98. The first-order valence-corrected chi connectivity index (χ1v) is 9.06. The van der Waals surface area contributed by atoms with Crippen LogP contribution in [-0.2, 0) is 5.75 Å². The lowest BCUT2D eigenvalue weighted by molar-refractivity contribution is 0.416. The van der Waals surface area contributed by atoms with Crippen LogP contribution in [0.25, 0.3) is 22.3 Å². The van der Waals surface area contributed by atoms with Crippen LogP contribution in [0, 0.1) is 0 Å². The fourth-order valence-corrected chi connectivity index (χ4v) is 3.66. The van der Waals surface area contributed by atoms with E-state index in [-0.39, 0.29) is 0 Å². The number of hydrogen-bond acceptors (Lipinski definition) is 6. The van der Waals surface area contributed by atoms with Gasteiger partial charge in [-0.15, -0.1) is 10.2 Å². The molecule has 26 heavy (non-hydrogen) atoms. The molecule has 0 saturated carbocycles. The van der Waals surface area contributed by atoms with Gasteiger partial charge in [-0.3, -0.25) is 4.98 Å². The third-order valence-corrected chi connectivity index (χ3v) is 5.08. The third-order valence-electron chi connectivity index (χ3n) is 4.09. The van der Waals surface area contributed by atoms with Crippen LogP contribution in [-0.4, -0.2) is 27.0 Å². The molecular weight excluding hydrogens is 346 g/mol. The maximum Gasteiger partial charge on any atom is 0.210 e. The Kier molecular flexibility index (Phi) is 4.45. The monoisotopic (exact) mass is 363 g/mol. The standard InChI is InChI=1S/C19H17N5OS/c1-25-16-10-3-2-9-15(16)18-22-23-19(24(18)20)26-12-14-7-4-6-13-8-5-11-21-17(13)14/h2-11H,12,20H2,1H3. The van der Waals surface area contributed by atoms with E-state index >= 15 is 0 Å². The number of aromatic nitrogens is 4. The van der Waals surface area contributed by atoms with Crippen LogP contribution in [0.15, 0.2) is 66.0 Å². The van der Waals surface area contributed by atoms with Crippen molar-refractivity contribution >= 4 is 22.7 Å². The first-order chi connectivity index (χ1) is 12.8. The molecule has 6 nitrogen and oxygen atoms in total. The van der Waals surface area contributed by atoms with Gasteiger partial charge in [0.15, 0.2) is 5.82 Å². The Morgan fingerprint density at radius 2 is 1.88 bits per heavy atom. The molecule has 2 aromatic carbocycles. The Morgan fingerprint density at radius 3 is 2.77 bits per heavy atom. The number of nitrogen functional groups attached to an aromatic ring is 1. The van der Waals surface area contributed by atoms with Crippen molar-refractivity contribution in [3.63, 3.8) is 0 Å². The summed E-state index contributed by atoms with van der Waals surface area (Å²) in [4.78, 5) is 4.49. The molecule has 0 aliphatic carbocycles. The Hall–Kier alpha value is -3.06. The molecule has 7 heteroatoms. The largest absolute Gasteiger partial charge is 0.496 e. The lowest BCUT2D eigenvalue weighted by Crippen LogP contribution is -2.12. The number of ether oxygens (including phenoxy) is 1. The van der Waals surface area contributed by atoms with Crippen molar-refractivity contribution in [3.8, 4) is 17.1 Å². The van der Waals surface area contributed by atoms with Gasteiger partial charge in [0.25, 0.3) is 0 Å². The lowest BCUT2D eigenvalue weighted by atomic mass is 10.1. The number of para-hydroxylation sites is 2. The first-order valence-electron chi connectivity index (χ1n) is 8.07. The Labute approximate surface area is 155 Å². The molecule has 0 amide bonds. The number of methoxy groups -OCH3 is 1. The summed E-state index contributed by atoms with van der Waals surface area (Å²) < 4.78 is 6.89. The second-order valence-corrected chi connectivity index (χ2v) is 6.60. The highest BCUT2D eigenvalue weighted by Crippen LogP contribution is 2.31. The molecule has 0 spiro atoms. The molecule has 0 saturated heterocycles. The molecule has 130 valence electrons. The topological polar surface area (TPSA) is 78.9 Å². The van der Waals surface area contributed by atoms with Crippen LogP contribution in [0.3, 0.4) is 0 Å². The maximum atomic E-state index is 6.24. The minimum atomic E-state index is 0.570. The number of hydrogen-bond donors (Lipinski definition) is 1. The van der Waals surface area contributed by atoms with Gasteiger partial charge in [0, 0.05) is 17.3 Å². The zero-order valence-electron chi connectivity index (χ0n) is 14.2. The molecule has 0 radical (unpaired) electrons. The first kappa shape index (κ1) is 16.4. The Bertz CT molecular complexity index is 1060. The molecule has 2 heterocycles. The Balaban J connectivity index is 1.61. The minimum absolute atomic E-state index is 0.570. The summed E-state index contributed by atoms with van der Waals surface area (Å²) in [5.74, 6) is 8.22. The van der Waals surface area contributed by atoms with Crippen molar-refractivity contribution in [2.45, 2.75) is 10.9 Å². The van der Waals surface area contributed by atoms with E-state index in [1.807, 2.05) is 42.6 Å². The second kappa shape index (κ2) is 7.05. The van der Waals surface area contributed by atoms with E-state index in [1.54, 1.807) is 7.11 Å². The van der Waals surface area contributed by atoms with Gasteiger partial charge < -0.3 is 10.6 Å². The van der Waals surface area contributed by atoms with Crippen LogP contribution >= 0.6 is 11.8 Å². The van der Waals surface area contributed by atoms with Gasteiger partial charge in [-0.25, -0.2) is 4.68 Å². The molecule has 4 aromatic rings. The van der Waals surface area contributed by atoms with E-state index in [1.165, 1.54) is 16.4 Å². The van der Waals surface area contributed by atoms with Crippen LogP contribution in [0.2, 0.25) is 0 Å². The number of fused-ring (bicyclic) bond motifs is 1. The predicted octanol–water partition coefficient (Wildman–Crippen LogP) is 3.51. The van der Waals surface area contributed by atoms with Gasteiger partial charge in [-0.1, -0.05) is 48.2 Å². The van der Waals surface area contributed by atoms with Crippen molar-refractivity contribution in [2.75, 3.05) is 13.0 Å². The van der Waals surface area contributed by atoms with Crippen molar-refractivity contribution < 1.29 is 4.74 Å². The van der Waals surface area contributed by atoms with E-state index in [4.69, 9.17) is 10.6 Å². The number of pyridine rings is 1. The molecule has 0 bridgehead atoms. The normalized spacial score (nSPS) is 11.0. The summed E-state index contributed by atoms with van der Waals surface area (Å²) >= 11 is 1.53. The van der Waals surface area contributed by atoms with Gasteiger partial charge in [0.05, 0.1) is 18.2 Å². The SMILES string of the molecule is COc1ccccc1-c1nnc(SCc2cccc3cccnc23)n1N. The summed E-state index contributed by atoms with van der Waals surface area (Å²) in [5.41, 5.74) is 2.94. The van der Waals surface area contributed by atoms with Crippen LogP contribution in [0.5, 0.6) is 5.75 Å². The van der Waals surface area contributed by atoms with Crippen LogP contribution < -0.4 is 10.6 Å². The third kappa shape index (κ3) is 2.97. The fourth-order valence-electron chi connectivity index (χ4n) is 2.81. The molecule has 0 unspecified atom stereocenters. The van der Waals surface area contributed by atoms with Crippen molar-refractivity contribution in [2.24, 2.45) is 0 Å². The van der Waals surface area contributed by atoms with Crippen LogP contribution in [0.1, 0.15) is 5.56 Å². The summed E-state index contributed by atoms with van der Waals surface area (Å²) in [5, 5.41) is 10.2. The number of nitrogens with two attached hydrogens (primary N) is 1. The average molecular weight is 363 g/mol. The zero-order valence-corrected chi connectivity index (χ0v) is 15.0. The quantitative estimate of drug-likeness (QED) is 0.432. The minimum Gasteiger partial charge on any atom is -0.496 e. The highest BCUT2D eigenvalue weighted by Gasteiger charge is 2.16. The average Bonchev–Trinajstić information content (AvgIpc) is 3.06. The van der Waals surface area contributed by atoms with E-state index in [2.05, 4.69) is 33.4 Å². The molecule has 0 fully saturated rings. The maximum absolute atomic E-state index is 6.24. The lowest BCUT2D eigenvalue weighted by Gasteiger charge is -2.08. The van der Waals surface area contributed by atoms with E-state index < -0.39 is 0 Å². The van der Waals surface area contributed by atoms with Crippen molar-refractivity contribution in [1.29, 1.82) is 0 Å². The summed E-state index contributed by atoms with van der Waals surface area (Å²) in [6.45, 7) is 0. The van der Waals surface area contributed by atoms with Gasteiger partial charge in [0.1, 0.15) is 5.75 Å². The van der Waals surface area contributed by atoms with Gasteiger partial charge in [-0.2, -0.15) is 0 Å². The molecule has 2 aromatic heterocycles. The molecule has 0 aliphatic heterocycles.